The normalized spacial score (nSPS) is 10.4. The van der Waals surface area contributed by atoms with Crippen molar-refractivity contribution in [1.82, 2.24) is 4.98 Å². The molecular weight excluding hydrogens is 298 g/mol. The molecule has 0 saturated heterocycles. The van der Waals surface area contributed by atoms with Gasteiger partial charge in [0.25, 0.3) is 0 Å². The fourth-order valence-electron chi connectivity index (χ4n) is 1.45. The number of anilines is 1. The van der Waals surface area contributed by atoms with Gasteiger partial charge in [-0.1, -0.05) is 34.8 Å². The minimum atomic E-state index is -0.386. The van der Waals surface area contributed by atoms with Crippen LogP contribution in [0.5, 0.6) is 0 Å². The smallest absolute Gasteiger partial charge is 0.141 e. The average Bonchev–Trinajstić information content (AvgIpc) is 2.27. The standard InChI is InChI=1S/C12H8Cl3FN2/c13-8-2-10(14)12(11(15)3-8)18-5-7-1-9(16)6-17-4-7/h1-4,6,18H,5H2. The van der Waals surface area contributed by atoms with Crippen molar-refractivity contribution in [3.05, 3.63) is 57.0 Å². The summed E-state index contributed by atoms with van der Waals surface area (Å²) in [7, 11) is 0. The lowest BCUT2D eigenvalue weighted by Gasteiger charge is -2.10. The highest BCUT2D eigenvalue weighted by molar-refractivity contribution is 6.41. The van der Waals surface area contributed by atoms with E-state index in [9.17, 15) is 4.39 Å². The molecule has 1 N–H and O–H groups in total. The highest BCUT2D eigenvalue weighted by Crippen LogP contribution is 2.33. The monoisotopic (exact) mass is 304 g/mol. The summed E-state index contributed by atoms with van der Waals surface area (Å²) in [6, 6.07) is 4.56. The van der Waals surface area contributed by atoms with Crippen LogP contribution in [-0.4, -0.2) is 4.98 Å². The van der Waals surface area contributed by atoms with Gasteiger partial charge >= 0.3 is 0 Å². The molecule has 0 saturated carbocycles. The molecule has 1 aromatic carbocycles. The third-order valence-electron chi connectivity index (χ3n) is 2.24. The predicted molar refractivity (Wildman–Crippen MR) is 73.0 cm³/mol. The number of hydrogen-bond acceptors (Lipinski definition) is 2. The maximum absolute atomic E-state index is 12.9. The lowest BCUT2D eigenvalue weighted by Crippen LogP contribution is -2.01. The van der Waals surface area contributed by atoms with Gasteiger partial charge in [-0.05, 0) is 23.8 Å². The first kappa shape index (κ1) is 13.4. The van der Waals surface area contributed by atoms with Gasteiger partial charge in [-0.2, -0.15) is 0 Å². The molecule has 0 atom stereocenters. The molecule has 0 unspecified atom stereocenters. The Morgan fingerprint density at radius 2 is 1.72 bits per heavy atom. The Morgan fingerprint density at radius 3 is 2.33 bits per heavy atom. The Balaban J connectivity index is 2.16. The topological polar surface area (TPSA) is 24.9 Å². The van der Waals surface area contributed by atoms with Crippen molar-refractivity contribution in [2.45, 2.75) is 6.54 Å². The second-order valence-electron chi connectivity index (χ2n) is 3.61. The Kier molecular flexibility index (Phi) is 4.27. The molecule has 94 valence electrons. The van der Waals surface area contributed by atoms with Crippen molar-refractivity contribution in [2.24, 2.45) is 0 Å². The zero-order valence-electron chi connectivity index (χ0n) is 9.05. The van der Waals surface area contributed by atoms with E-state index in [1.165, 1.54) is 6.07 Å². The molecule has 1 aromatic heterocycles. The van der Waals surface area contributed by atoms with Gasteiger partial charge in [0.1, 0.15) is 5.82 Å². The third kappa shape index (κ3) is 3.25. The quantitative estimate of drug-likeness (QED) is 0.881. The zero-order valence-corrected chi connectivity index (χ0v) is 11.3. The maximum Gasteiger partial charge on any atom is 0.141 e. The summed E-state index contributed by atoms with van der Waals surface area (Å²) in [5.74, 6) is -0.386. The van der Waals surface area contributed by atoms with E-state index >= 15 is 0 Å². The van der Waals surface area contributed by atoms with Crippen molar-refractivity contribution in [2.75, 3.05) is 5.32 Å². The van der Waals surface area contributed by atoms with Crippen LogP contribution in [0, 0.1) is 5.82 Å². The van der Waals surface area contributed by atoms with E-state index in [4.69, 9.17) is 34.8 Å². The van der Waals surface area contributed by atoms with Gasteiger partial charge in [0.05, 0.1) is 21.9 Å². The van der Waals surface area contributed by atoms with Crippen molar-refractivity contribution in [1.29, 1.82) is 0 Å². The molecular formula is C12H8Cl3FN2. The first-order chi connectivity index (χ1) is 8.56. The molecule has 2 aromatic rings. The highest BCUT2D eigenvalue weighted by atomic mass is 35.5. The molecule has 2 nitrogen and oxygen atoms in total. The van der Waals surface area contributed by atoms with Crippen LogP contribution in [0.15, 0.2) is 30.6 Å². The van der Waals surface area contributed by atoms with E-state index in [0.29, 0.717) is 32.9 Å². The van der Waals surface area contributed by atoms with Crippen molar-refractivity contribution < 1.29 is 4.39 Å². The largest absolute Gasteiger partial charge is 0.378 e. The van der Waals surface area contributed by atoms with Gasteiger partial charge in [-0.3, -0.25) is 4.98 Å². The molecule has 0 aliphatic carbocycles. The Hall–Kier alpha value is -1.03. The molecule has 0 fully saturated rings. The lowest BCUT2D eigenvalue weighted by atomic mass is 10.2. The summed E-state index contributed by atoms with van der Waals surface area (Å²) in [6.45, 7) is 0.367. The fraction of sp³-hybridized carbons (Fsp3) is 0.0833. The predicted octanol–water partition coefficient (Wildman–Crippen LogP) is 4.79. The number of hydrogen-bond donors (Lipinski definition) is 1. The lowest BCUT2D eigenvalue weighted by molar-refractivity contribution is 0.619. The van der Waals surface area contributed by atoms with E-state index in [1.54, 1.807) is 18.3 Å². The number of rotatable bonds is 3. The number of benzene rings is 1. The first-order valence-corrected chi connectivity index (χ1v) is 6.17. The Labute approximate surface area is 119 Å². The summed E-state index contributed by atoms with van der Waals surface area (Å²) < 4.78 is 12.9. The molecule has 1 heterocycles. The summed E-state index contributed by atoms with van der Waals surface area (Å²) in [5, 5.41) is 4.31. The van der Waals surface area contributed by atoms with Crippen molar-refractivity contribution >= 4 is 40.5 Å². The molecule has 0 amide bonds. The van der Waals surface area contributed by atoms with Crippen molar-refractivity contribution in [3.8, 4) is 0 Å². The molecule has 0 aliphatic heterocycles. The highest BCUT2D eigenvalue weighted by Gasteiger charge is 2.07. The van der Waals surface area contributed by atoms with Gasteiger partial charge in [-0.25, -0.2) is 4.39 Å². The number of pyridine rings is 1. The minimum Gasteiger partial charge on any atom is -0.378 e. The van der Waals surface area contributed by atoms with E-state index in [2.05, 4.69) is 10.3 Å². The zero-order chi connectivity index (χ0) is 13.1. The van der Waals surface area contributed by atoms with E-state index in [-0.39, 0.29) is 5.82 Å². The first-order valence-electron chi connectivity index (χ1n) is 5.04. The van der Waals surface area contributed by atoms with Crippen LogP contribution in [0.4, 0.5) is 10.1 Å². The second kappa shape index (κ2) is 5.74. The van der Waals surface area contributed by atoms with Crippen LogP contribution >= 0.6 is 34.8 Å². The van der Waals surface area contributed by atoms with Gasteiger partial charge in [0.2, 0.25) is 0 Å². The number of aromatic nitrogens is 1. The van der Waals surface area contributed by atoms with Gasteiger partial charge in [0.15, 0.2) is 0 Å². The number of nitrogens with zero attached hydrogens (tertiary/aromatic N) is 1. The van der Waals surface area contributed by atoms with Gasteiger partial charge in [-0.15, -0.1) is 0 Å². The molecule has 18 heavy (non-hydrogen) atoms. The number of nitrogens with one attached hydrogen (secondary N) is 1. The SMILES string of the molecule is Fc1cncc(CNc2c(Cl)cc(Cl)cc2Cl)c1. The average molecular weight is 306 g/mol. The molecule has 6 heteroatoms. The van der Waals surface area contributed by atoms with Crippen LogP contribution in [0.2, 0.25) is 15.1 Å². The molecule has 0 aliphatic rings. The van der Waals surface area contributed by atoms with Crippen LogP contribution in [-0.2, 0) is 6.54 Å². The molecule has 0 spiro atoms. The van der Waals surface area contributed by atoms with Gasteiger partial charge < -0.3 is 5.32 Å². The maximum atomic E-state index is 12.9. The molecule has 2 rings (SSSR count). The second-order valence-corrected chi connectivity index (χ2v) is 4.86. The molecule has 0 bridgehead atoms. The summed E-state index contributed by atoms with van der Waals surface area (Å²) >= 11 is 17.8. The van der Waals surface area contributed by atoms with Crippen LogP contribution in [0.3, 0.4) is 0 Å². The van der Waals surface area contributed by atoms with E-state index in [1.807, 2.05) is 0 Å². The Bertz CT molecular complexity index is 552. The van der Waals surface area contributed by atoms with Gasteiger partial charge in [0, 0.05) is 17.8 Å². The summed E-state index contributed by atoms with van der Waals surface area (Å²) in [6.07, 6.45) is 2.71. The third-order valence-corrected chi connectivity index (χ3v) is 3.05. The van der Waals surface area contributed by atoms with Crippen LogP contribution in [0.25, 0.3) is 0 Å². The van der Waals surface area contributed by atoms with E-state index in [0.717, 1.165) is 6.20 Å². The molecule has 0 radical (unpaired) electrons. The van der Waals surface area contributed by atoms with Crippen LogP contribution in [0.1, 0.15) is 5.56 Å². The van der Waals surface area contributed by atoms with Crippen LogP contribution < -0.4 is 5.32 Å². The van der Waals surface area contributed by atoms with Crippen molar-refractivity contribution in [3.63, 3.8) is 0 Å². The van der Waals surface area contributed by atoms with E-state index < -0.39 is 0 Å². The number of halogens is 4. The summed E-state index contributed by atoms with van der Waals surface area (Å²) in [4.78, 5) is 3.75. The minimum absolute atomic E-state index is 0.367. The Morgan fingerprint density at radius 1 is 1.06 bits per heavy atom. The summed E-state index contributed by atoms with van der Waals surface area (Å²) in [5.41, 5.74) is 1.25. The fourth-order valence-corrected chi connectivity index (χ4v) is 2.40.